The van der Waals surface area contributed by atoms with Crippen molar-refractivity contribution >= 4 is 0 Å². The lowest BCUT2D eigenvalue weighted by Gasteiger charge is -2.25. The lowest BCUT2D eigenvalue weighted by molar-refractivity contribution is 0.178. The average molecular weight is 175 g/mol. The van der Waals surface area contributed by atoms with E-state index in [1.54, 1.807) is 0 Å². The summed E-state index contributed by atoms with van der Waals surface area (Å²) < 4.78 is 5.84. The molecule has 0 saturated heterocycles. The van der Waals surface area contributed by atoms with Crippen LogP contribution in [0.1, 0.15) is 31.7 Å². The summed E-state index contributed by atoms with van der Waals surface area (Å²) in [4.78, 5) is 0. The van der Waals surface area contributed by atoms with Crippen LogP contribution in [0.15, 0.2) is 24.3 Å². The Bertz CT molecular complexity index is 280. The van der Waals surface area contributed by atoms with Crippen molar-refractivity contribution in [2.24, 2.45) is 0 Å². The summed E-state index contributed by atoms with van der Waals surface area (Å²) in [6.45, 7) is 2.20. The second kappa shape index (κ2) is 3.82. The minimum atomic E-state index is 0.403. The number of benzene rings is 1. The maximum atomic E-state index is 5.84. The average Bonchev–Trinajstić information content (AvgIpc) is 2.18. The summed E-state index contributed by atoms with van der Waals surface area (Å²) in [6, 6.07) is 8.24. The van der Waals surface area contributed by atoms with Crippen LogP contribution in [0.2, 0.25) is 0 Å². The third kappa shape index (κ3) is 1.85. The molecule has 1 atom stereocenters. The lowest BCUT2D eigenvalue weighted by Crippen LogP contribution is -2.21. The highest BCUT2D eigenvalue weighted by Crippen LogP contribution is 2.29. The van der Waals surface area contributed by atoms with Gasteiger partial charge < -0.3 is 4.74 Å². The Balaban J connectivity index is 2.11. The van der Waals surface area contributed by atoms with Crippen LogP contribution in [-0.2, 0) is 0 Å². The number of hydrogen-bond donors (Lipinski definition) is 0. The Morgan fingerprint density at radius 2 is 2.23 bits per heavy atom. The second-order valence-corrected chi connectivity index (χ2v) is 3.51. The van der Waals surface area contributed by atoms with E-state index >= 15 is 0 Å². The molecule has 0 bridgehead atoms. The van der Waals surface area contributed by atoms with Crippen molar-refractivity contribution in [3.8, 4) is 5.75 Å². The molecule has 1 heterocycles. The van der Waals surface area contributed by atoms with E-state index in [9.17, 15) is 0 Å². The molecular formula is C12H15O. The second-order valence-electron chi connectivity index (χ2n) is 3.51. The van der Waals surface area contributed by atoms with Crippen molar-refractivity contribution in [3.05, 3.63) is 36.2 Å². The van der Waals surface area contributed by atoms with Crippen LogP contribution in [-0.4, -0.2) is 6.10 Å². The van der Waals surface area contributed by atoms with Crippen molar-refractivity contribution in [2.75, 3.05) is 0 Å². The van der Waals surface area contributed by atoms with Crippen LogP contribution in [0.5, 0.6) is 5.75 Å². The van der Waals surface area contributed by atoms with Gasteiger partial charge in [-0.15, -0.1) is 0 Å². The smallest absolute Gasteiger partial charge is 0.123 e. The quantitative estimate of drug-likeness (QED) is 0.670. The third-order valence-electron chi connectivity index (χ3n) is 2.42. The van der Waals surface area contributed by atoms with Gasteiger partial charge in [-0.25, -0.2) is 0 Å². The van der Waals surface area contributed by atoms with Gasteiger partial charge >= 0.3 is 0 Å². The molecule has 1 aromatic rings. The molecule has 1 heteroatoms. The number of hydrogen-bond acceptors (Lipinski definition) is 1. The Hall–Kier alpha value is -0.980. The summed E-state index contributed by atoms with van der Waals surface area (Å²) in [5.41, 5.74) is 1.25. The monoisotopic (exact) mass is 175 g/mol. The molecule has 13 heavy (non-hydrogen) atoms. The topological polar surface area (TPSA) is 9.23 Å². The van der Waals surface area contributed by atoms with Gasteiger partial charge in [-0.05, 0) is 30.9 Å². The Morgan fingerprint density at radius 1 is 1.38 bits per heavy atom. The first kappa shape index (κ1) is 8.61. The van der Waals surface area contributed by atoms with E-state index in [4.69, 9.17) is 4.74 Å². The van der Waals surface area contributed by atoms with Gasteiger partial charge in [0, 0.05) is 0 Å². The zero-order valence-electron chi connectivity index (χ0n) is 7.99. The van der Waals surface area contributed by atoms with Crippen LogP contribution in [0.3, 0.4) is 0 Å². The Morgan fingerprint density at radius 3 is 3.08 bits per heavy atom. The van der Waals surface area contributed by atoms with E-state index in [1.165, 1.54) is 12.0 Å². The zero-order valence-corrected chi connectivity index (χ0v) is 7.99. The van der Waals surface area contributed by atoms with E-state index in [-0.39, 0.29) is 0 Å². The SMILES string of the molecule is CCCC1C[CH]c2ccccc2O1. The molecule has 1 aliphatic heterocycles. The zero-order chi connectivity index (χ0) is 9.10. The molecule has 0 aromatic heterocycles. The fraction of sp³-hybridized carbons (Fsp3) is 0.417. The predicted molar refractivity (Wildman–Crippen MR) is 53.8 cm³/mol. The van der Waals surface area contributed by atoms with Crippen LogP contribution >= 0.6 is 0 Å². The largest absolute Gasteiger partial charge is 0.490 e. The molecule has 1 aromatic carbocycles. The van der Waals surface area contributed by atoms with Crippen LogP contribution in [0.25, 0.3) is 0 Å². The highest BCUT2D eigenvalue weighted by Gasteiger charge is 2.17. The van der Waals surface area contributed by atoms with Crippen LogP contribution in [0.4, 0.5) is 0 Å². The molecule has 0 aliphatic carbocycles. The van der Waals surface area contributed by atoms with E-state index in [0.29, 0.717) is 6.10 Å². The Kier molecular flexibility index (Phi) is 2.53. The maximum absolute atomic E-state index is 5.84. The van der Waals surface area contributed by atoms with Crippen LogP contribution in [0, 0.1) is 6.42 Å². The molecule has 1 aliphatic rings. The number of fused-ring (bicyclic) bond motifs is 1. The van der Waals surface area contributed by atoms with E-state index in [1.807, 2.05) is 12.1 Å². The molecule has 1 unspecified atom stereocenters. The molecule has 0 amide bonds. The minimum Gasteiger partial charge on any atom is -0.490 e. The number of rotatable bonds is 2. The predicted octanol–water partition coefficient (Wildman–Crippen LogP) is 3.19. The van der Waals surface area contributed by atoms with Gasteiger partial charge in [0.25, 0.3) is 0 Å². The standard InChI is InChI=1S/C12H15O/c1-2-5-11-9-8-10-6-3-4-7-12(10)13-11/h3-4,6-8,11H,2,5,9H2,1H3. The third-order valence-corrected chi connectivity index (χ3v) is 2.42. The van der Waals surface area contributed by atoms with Gasteiger partial charge in [-0.2, -0.15) is 0 Å². The van der Waals surface area contributed by atoms with Gasteiger partial charge in [0.15, 0.2) is 0 Å². The van der Waals surface area contributed by atoms with Gasteiger partial charge in [0.05, 0.1) is 6.10 Å². The molecule has 0 N–H and O–H groups in total. The first-order valence-electron chi connectivity index (χ1n) is 4.99. The summed E-state index contributed by atoms with van der Waals surface area (Å²) in [5.74, 6) is 1.05. The van der Waals surface area contributed by atoms with Crippen molar-refractivity contribution < 1.29 is 4.74 Å². The van der Waals surface area contributed by atoms with Crippen molar-refractivity contribution in [3.63, 3.8) is 0 Å². The fourth-order valence-electron chi connectivity index (χ4n) is 1.74. The van der Waals surface area contributed by atoms with Gasteiger partial charge in [-0.1, -0.05) is 31.5 Å². The normalized spacial score (nSPS) is 20.5. The summed E-state index contributed by atoms with van der Waals surface area (Å²) in [6.07, 6.45) is 6.09. The molecule has 2 rings (SSSR count). The number of ether oxygens (including phenoxy) is 1. The maximum Gasteiger partial charge on any atom is 0.123 e. The Labute approximate surface area is 79.7 Å². The molecule has 69 valence electrons. The molecular weight excluding hydrogens is 160 g/mol. The molecule has 0 fully saturated rings. The minimum absolute atomic E-state index is 0.403. The first-order chi connectivity index (χ1) is 6.40. The van der Waals surface area contributed by atoms with Crippen molar-refractivity contribution in [1.29, 1.82) is 0 Å². The van der Waals surface area contributed by atoms with E-state index < -0.39 is 0 Å². The van der Waals surface area contributed by atoms with Crippen LogP contribution < -0.4 is 4.74 Å². The highest BCUT2D eigenvalue weighted by atomic mass is 16.5. The highest BCUT2D eigenvalue weighted by molar-refractivity contribution is 5.40. The molecule has 0 spiro atoms. The lowest BCUT2D eigenvalue weighted by atomic mass is 10.00. The van der Waals surface area contributed by atoms with Crippen molar-refractivity contribution in [2.45, 2.75) is 32.3 Å². The van der Waals surface area contributed by atoms with E-state index in [2.05, 4.69) is 25.5 Å². The first-order valence-corrected chi connectivity index (χ1v) is 4.99. The van der Waals surface area contributed by atoms with Crippen molar-refractivity contribution in [1.82, 2.24) is 0 Å². The number of para-hydroxylation sites is 1. The summed E-state index contributed by atoms with van der Waals surface area (Å²) in [7, 11) is 0. The fourth-order valence-corrected chi connectivity index (χ4v) is 1.74. The van der Waals surface area contributed by atoms with Gasteiger partial charge in [0.1, 0.15) is 5.75 Å². The molecule has 0 saturated carbocycles. The molecule has 1 nitrogen and oxygen atoms in total. The van der Waals surface area contributed by atoms with Gasteiger partial charge in [-0.3, -0.25) is 0 Å². The van der Waals surface area contributed by atoms with E-state index in [0.717, 1.165) is 18.6 Å². The summed E-state index contributed by atoms with van der Waals surface area (Å²) >= 11 is 0. The summed E-state index contributed by atoms with van der Waals surface area (Å²) in [5, 5.41) is 0. The molecule has 1 radical (unpaired) electrons. The van der Waals surface area contributed by atoms with Gasteiger partial charge in [0.2, 0.25) is 0 Å².